The lowest BCUT2D eigenvalue weighted by Gasteiger charge is -2.17. The molecule has 25 heavy (non-hydrogen) atoms. The first-order chi connectivity index (χ1) is 11.5. The van der Waals surface area contributed by atoms with Crippen LogP contribution in [0, 0.1) is 0 Å². The van der Waals surface area contributed by atoms with E-state index >= 15 is 0 Å². The van der Waals surface area contributed by atoms with Gasteiger partial charge in [-0.25, -0.2) is 0 Å². The third-order valence-corrected chi connectivity index (χ3v) is 4.02. The maximum atomic E-state index is 13.2. The van der Waals surface area contributed by atoms with Crippen molar-refractivity contribution >= 4 is 22.4 Å². The van der Waals surface area contributed by atoms with Crippen molar-refractivity contribution in [2.75, 3.05) is 5.32 Å². The van der Waals surface area contributed by atoms with E-state index in [4.69, 9.17) is 0 Å². The molecular formula is C16H18F3N5O. The molecule has 134 valence electrons. The molecule has 0 unspecified atom stereocenters. The van der Waals surface area contributed by atoms with Gasteiger partial charge in [0.05, 0.1) is 23.0 Å². The Hall–Kier alpha value is -2.55. The van der Waals surface area contributed by atoms with E-state index in [-0.39, 0.29) is 5.69 Å². The summed E-state index contributed by atoms with van der Waals surface area (Å²) in [6.07, 6.45) is -3.42. The molecule has 2 heterocycles. The molecule has 0 saturated heterocycles. The van der Waals surface area contributed by atoms with Gasteiger partial charge >= 0.3 is 6.18 Å². The highest BCUT2D eigenvalue weighted by molar-refractivity contribution is 5.92. The van der Waals surface area contributed by atoms with Gasteiger partial charge in [-0.2, -0.15) is 23.4 Å². The van der Waals surface area contributed by atoms with Crippen LogP contribution in [-0.4, -0.2) is 24.7 Å². The second-order valence-electron chi connectivity index (χ2n) is 6.42. The Morgan fingerprint density at radius 2 is 1.80 bits per heavy atom. The lowest BCUT2D eigenvalue weighted by atomic mass is 9.97. The van der Waals surface area contributed by atoms with Gasteiger partial charge in [-0.15, -0.1) is 0 Å². The Bertz CT molecular complexity index is 934. The molecule has 6 nitrogen and oxygen atoms in total. The third kappa shape index (κ3) is 3.07. The third-order valence-electron chi connectivity index (χ3n) is 4.02. The van der Waals surface area contributed by atoms with Crippen LogP contribution < -0.4 is 5.32 Å². The smallest absolute Gasteiger partial charge is 0.386 e. The van der Waals surface area contributed by atoms with E-state index in [1.807, 2.05) is 0 Å². The zero-order valence-corrected chi connectivity index (χ0v) is 14.2. The quantitative estimate of drug-likeness (QED) is 0.758. The zero-order valence-electron chi connectivity index (χ0n) is 14.2. The number of fused-ring (bicyclic) bond motifs is 1. The SMILES string of the molecule is Cn1ncc(Nc2nn(C)c3cc(C(C)(C)O)ccc23)c1C(F)(F)F. The summed E-state index contributed by atoms with van der Waals surface area (Å²) in [6.45, 7) is 3.32. The van der Waals surface area contributed by atoms with Gasteiger partial charge < -0.3 is 10.4 Å². The molecule has 0 fully saturated rings. The first-order valence-corrected chi connectivity index (χ1v) is 7.54. The Balaban J connectivity index is 2.07. The summed E-state index contributed by atoms with van der Waals surface area (Å²) in [6, 6.07) is 5.21. The minimum atomic E-state index is -4.54. The maximum absolute atomic E-state index is 13.2. The number of alkyl halides is 3. The summed E-state index contributed by atoms with van der Waals surface area (Å²) < 4.78 is 41.9. The highest BCUT2D eigenvalue weighted by Gasteiger charge is 2.38. The highest BCUT2D eigenvalue weighted by Crippen LogP contribution is 2.37. The van der Waals surface area contributed by atoms with Gasteiger partial charge in [-0.1, -0.05) is 6.07 Å². The number of anilines is 2. The average molecular weight is 353 g/mol. The van der Waals surface area contributed by atoms with Gasteiger partial charge in [0.25, 0.3) is 0 Å². The number of hydrogen-bond donors (Lipinski definition) is 2. The van der Waals surface area contributed by atoms with Crippen LogP contribution >= 0.6 is 0 Å². The van der Waals surface area contributed by atoms with Crippen LogP contribution in [0.1, 0.15) is 25.1 Å². The minimum Gasteiger partial charge on any atom is -0.386 e. The number of hydrogen-bond acceptors (Lipinski definition) is 4. The average Bonchev–Trinajstić information content (AvgIpc) is 2.99. The fraction of sp³-hybridized carbons (Fsp3) is 0.375. The van der Waals surface area contributed by atoms with Crippen molar-refractivity contribution in [3.8, 4) is 0 Å². The van der Waals surface area contributed by atoms with E-state index in [1.165, 1.54) is 7.05 Å². The van der Waals surface area contributed by atoms with Crippen molar-refractivity contribution in [1.82, 2.24) is 19.6 Å². The first kappa shape index (κ1) is 17.3. The normalized spacial score (nSPS) is 12.8. The second-order valence-corrected chi connectivity index (χ2v) is 6.42. The van der Waals surface area contributed by atoms with E-state index in [0.29, 0.717) is 22.3 Å². The number of halogens is 3. The standard InChI is InChI=1S/C16H18F3N5O/c1-15(2,25)9-5-6-10-12(7-9)23(3)22-14(10)21-11-8-20-24(4)13(11)16(17,18)19/h5-8,25H,1-4H3,(H,21,22). The van der Waals surface area contributed by atoms with Crippen molar-refractivity contribution in [2.24, 2.45) is 14.1 Å². The van der Waals surface area contributed by atoms with Gasteiger partial charge in [0, 0.05) is 19.5 Å². The highest BCUT2D eigenvalue weighted by atomic mass is 19.4. The summed E-state index contributed by atoms with van der Waals surface area (Å²) in [5.41, 5.74) is -0.689. The van der Waals surface area contributed by atoms with Gasteiger partial charge in [0.1, 0.15) is 0 Å². The number of aryl methyl sites for hydroxylation is 2. The molecule has 0 bridgehead atoms. The fourth-order valence-corrected chi connectivity index (χ4v) is 2.72. The van der Waals surface area contributed by atoms with Crippen molar-refractivity contribution in [1.29, 1.82) is 0 Å². The Kier molecular flexibility index (Phi) is 3.79. The lowest BCUT2D eigenvalue weighted by Crippen LogP contribution is -2.15. The number of benzene rings is 1. The fourth-order valence-electron chi connectivity index (χ4n) is 2.72. The Morgan fingerprint density at radius 3 is 2.40 bits per heavy atom. The first-order valence-electron chi connectivity index (χ1n) is 7.54. The van der Waals surface area contributed by atoms with Gasteiger partial charge in [-0.05, 0) is 31.5 Å². The molecule has 0 atom stereocenters. The molecule has 0 spiro atoms. The topological polar surface area (TPSA) is 67.9 Å². The van der Waals surface area contributed by atoms with E-state index in [9.17, 15) is 18.3 Å². The molecule has 2 aromatic heterocycles. The summed E-state index contributed by atoms with van der Waals surface area (Å²) >= 11 is 0. The zero-order chi connectivity index (χ0) is 18.6. The Morgan fingerprint density at radius 1 is 1.12 bits per heavy atom. The van der Waals surface area contributed by atoms with Crippen LogP contribution in [-0.2, 0) is 25.9 Å². The molecule has 0 aliphatic heterocycles. The summed E-state index contributed by atoms with van der Waals surface area (Å²) in [7, 11) is 2.93. The summed E-state index contributed by atoms with van der Waals surface area (Å²) in [4.78, 5) is 0. The number of rotatable bonds is 3. The predicted octanol–water partition coefficient (Wildman–Crippen LogP) is 3.30. The maximum Gasteiger partial charge on any atom is 0.435 e. The van der Waals surface area contributed by atoms with Crippen LogP contribution in [0.4, 0.5) is 24.7 Å². The van der Waals surface area contributed by atoms with E-state index < -0.39 is 17.5 Å². The number of aliphatic hydroxyl groups is 1. The largest absolute Gasteiger partial charge is 0.435 e. The molecule has 0 amide bonds. The van der Waals surface area contributed by atoms with Crippen molar-refractivity contribution in [3.63, 3.8) is 0 Å². The van der Waals surface area contributed by atoms with Crippen LogP contribution in [0.15, 0.2) is 24.4 Å². The van der Waals surface area contributed by atoms with Crippen molar-refractivity contribution < 1.29 is 18.3 Å². The van der Waals surface area contributed by atoms with E-state index in [2.05, 4.69) is 15.5 Å². The molecule has 0 aliphatic rings. The second kappa shape index (κ2) is 5.48. The molecule has 2 N–H and O–H groups in total. The number of aromatic nitrogens is 4. The molecule has 9 heteroatoms. The van der Waals surface area contributed by atoms with Crippen LogP contribution in [0.3, 0.4) is 0 Å². The molecule has 3 rings (SSSR count). The molecule has 3 aromatic rings. The Labute approximate surface area is 141 Å². The predicted molar refractivity (Wildman–Crippen MR) is 87.5 cm³/mol. The summed E-state index contributed by atoms with van der Waals surface area (Å²) in [5.74, 6) is 0.290. The van der Waals surface area contributed by atoms with E-state index in [1.54, 1.807) is 43.8 Å². The number of nitrogens with zero attached hydrogens (tertiary/aromatic N) is 4. The molecule has 0 aliphatic carbocycles. The van der Waals surface area contributed by atoms with Crippen molar-refractivity contribution in [3.05, 3.63) is 35.7 Å². The van der Waals surface area contributed by atoms with Gasteiger partial charge in [0.2, 0.25) is 0 Å². The molecular weight excluding hydrogens is 335 g/mol. The molecule has 0 saturated carbocycles. The van der Waals surface area contributed by atoms with Gasteiger partial charge in [0.15, 0.2) is 11.5 Å². The van der Waals surface area contributed by atoms with Crippen molar-refractivity contribution in [2.45, 2.75) is 25.6 Å². The van der Waals surface area contributed by atoms with Gasteiger partial charge in [-0.3, -0.25) is 9.36 Å². The summed E-state index contributed by atoms with van der Waals surface area (Å²) in [5, 5.41) is 21.4. The van der Waals surface area contributed by atoms with Crippen LogP contribution in [0.25, 0.3) is 10.9 Å². The van der Waals surface area contributed by atoms with Crippen LogP contribution in [0.2, 0.25) is 0 Å². The molecule has 1 aromatic carbocycles. The minimum absolute atomic E-state index is 0.165. The molecule has 0 radical (unpaired) electrons. The van der Waals surface area contributed by atoms with E-state index in [0.717, 1.165) is 10.9 Å². The lowest BCUT2D eigenvalue weighted by molar-refractivity contribution is -0.143. The number of nitrogens with one attached hydrogen (secondary N) is 1. The van der Waals surface area contributed by atoms with Crippen LogP contribution in [0.5, 0.6) is 0 Å². The monoisotopic (exact) mass is 353 g/mol.